The van der Waals surface area contributed by atoms with E-state index in [0.717, 1.165) is 31.2 Å². The summed E-state index contributed by atoms with van der Waals surface area (Å²) in [6, 6.07) is 3.13. The molecule has 1 heterocycles. The molecule has 1 aliphatic rings. The Hall–Kier alpha value is -1.78. The number of nitrogen functional groups attached to an aromatic ring is 1. The number of nitrogens with two attached hydrogens (primary N) is 1. The quantitative estimate of drug-likeness (QED) is 0.508. The minimum absolute atomic E-state index is 0.0724. The van der Waals surface area contributed by atoms with Gasteiger partial charge in [-0.15, -0.1) is 0 Å². The third-order valence-corrected chi connectivity index (χ3v) is 3.87. The van der Waals surface area contributed by atoms with Gasteiger partial charge >= 0.3 is 0 Å². The number of ether oxygens (including phenoxy) is 1. The highest BCUT2D eigenvalue weighted by molar-refractivity contribution is 5.64. The van der Waals surface area contributed by atoms with Crippen LogP contribution in [0.3, 0.4) is 0 Å². The van der Waals surface area contributed by atoms with E-state index >= 15 is 0 Å². The van der Waals surface area contributed by atoms with Crippen molar-refractivity contribution in [2.75, 3.05) is 5.73 Å². The molecule has 0 unspecified atom stereocenters. The second-order valence-corrected chi connectivity index (χ2v) is 4.77. The summed E-state index contributed by atoms with van der Waals surface area (Å²) >= 11 is 0. The Balaban J connectivity index is 2.43. The van der Waals surface area contributed by atoms with Gasteiger partial charge in [-0.2, -0.15) is 0 Å². The van der Waals surface area contributed by atoms with E-state index < -0.39 is 4.92 Å². The summed E-state index contributed by atoms with van der Waals surface area (Å²) in [5, 5.41) is 10.9. The molecule has 0 amide bonds. The molecule has 5 heteroatoms. The number of rotatable bonds is 3. The lowest BCUT2D eigenvalue weighted by molar-refractivity contribution is -0.384. The van der Waals surface area contributed by atoms with Gasteiger partial charge in [0.05, 0.1) is 11.0 Å². The molecule has 0 aromatic heterocycles. The predicted octanol–water partition coefficient (Wildman–Crippen LogP) is 3.06. The fourth-order valence-corrected chi connectivity index (χ4v) is 2.48. The van der Waals surface area contributed by atoms with Crippen LogP contribution in [0.1, 0.15) is 38.7 Å². The van der Waals surface area contributed by atoms with Crippen LogP contribution in [-0.2, 0) is 6.42 Å². The van der Waals surface area contributed by atoms with Crippen molar-refractivity contribution in [3.8, 4) is 5.75 Å². The first-order chi connectivity index (χ1) is 8.51. The third-order valence-electron chi connectivity index (χ3n) is 3.87. The third kappa shape index (κ3) is 2.00. The number of hydrogen-bond donors (Lipinski definition) is 1. The van der Waals surface area contributed by atoms with Crippen molar-refractivity contribution >= 4 is 11.4 Å². The van der Waals surface area contributed by atoms with E-state index in [4.69, 9.17) is 10.5 Å². The van der Waals surface area contributed by atoms with Gasteiger partial charge in [-0.3, -0.25) is 10.1 Å². The molecule has 0 saturated heterocycles. The van der Waals surface area contributed by atoms with E-state index in [-0.39, 0.29) is 17.0 Å². The van der Waals surface area contributed by atoms with Crippen LogP contribution in [0.15, 0.2) is 12.1 Å². The summed E-state index contributed by atoms with van der Waals surface area (Å²) in [7, 11) is 0. The second kappa shape index (κ2) is 4.48. The van der Waals surface area contributed by atoms with Crippen LogP contribution in [0.2, 0.25) is 0 Å². The normalized spacial score (nSPS) is 16.8. The molecule has 5 nitrogen and oxygen atoms in total. The lowest BCUT2D eigenvalue weighted by Crippen LogP contribution is -2.38. The molecule has 1 aromatic rings. The smallest absolute Gasteiger partial charge is 0.295 e. The average molecular weight is 250 g/mol. The first kappa shape index (κ1) is 12.7. The monoisotopic (exact) mass is 250 g/mol. The SMILES string of the molecule is CCC1(CC)CCc2cc(N)c([N+](=O)[O-])cc2O1. The van der Waals surface area contributed by atoms with Crippen LogP contribution in [-0.4, -0.2) is 10.5 Å². The molecule has 98 valence electrons. The molecule has 0 aliphatic carbocycles. The van der Waals surface area contributed by atoms with Crippen molar-refractivity contribution in [2.45, 2.75) is 45.1 Å². The Morgan fingerprint density at radius 2 is 2.11 bits per heavy atom. The molecule has 0 saturated carbocycles. The molecule has 0 radical (unpaired) electrons. The zero-order valence-electron chi connectivity index (χ0n) is 10.7. The van der Waals surface area contributed by atoms with Gasteiger partial charge in [0.25, 0.3) is 5.69 Å². The van der Waals surface area contributed by atoms with E-state index in [1.54, 1.807) is 6.07 Å². The first-order valence-corrected chi connectivity index (χ1v) is 6.27. The van der Waals surface area contributed by atoms with Crippen molar-refractivity contribution in [3.05, 3.63) is 27.8 Å². The number of aryl methyl sites for hydroxylation is 1. The van der Waals surface area contributed by atoms with Crippen LogP contribution in [0, 0.1) is 10.1 Å². The van der Waals surface area contributed by atoms with Crippen LogP contribution >= 0.6 is 0 Å². The largest absolute Gasteiger partial charge is 0.487 e. The standard InChI is InChI=1S/C13H18N2O3/c1-3-13(4-2)6-5-9-7-10(14)11(15(16)17)8-12(9)18-13/h7-8H,3-6,14H2,1-2H3. The molecule has 0 spiro atoms. The van der Waals surface area contributed by atoms with Gasteiger partial charge in [-0.1, -0.05) is 13.8 Å². The number of benzene rings is 1. The topological polar surface area (TPSA) is 78.4 Å². The Morgan fingerprint density at radius 3 is 2.67 bits per heavy atom. The lowest BCUT2D eigenvalue weighted by atomic mass is 9.86. The molecular weight excluding hydrogens is 232 g/mol. The molecule has 0 atom stereocenters. The van der Waals surface area contributed by atoms with Gasteiger partial charge in [-0.25, -0.2) is 0 Å². The molecule has 1 aliphatic heterocycles. The van der Waals surface area contributed by atoms with Gasteiger partial charge in [0.15, 0.2) is 0 Å². The van der Waals surface area contributed by atoms with Crippen molar-refractivity contribution in [3.63, 3.8) is 0 Å². The van der Waals surface area contributed by atoms with E-state index in [1.807, 2.05) is 0 Å². The Kier molecular flexibility index (Phi) is 3.15. The number of fused-ring (bicyclic) bond motifs is 1. The van der Waals surface area contributed by atoms with Crippen LogP contribution in [0.25, 0.3) is 0 Å². The summed E-state index contributed by atoms with van der Waals surface area (Å²) in [6.45, 7) is 4.17. The molecule has 0 bridgehead atoms. The van der Waals surface area contributed by atoms with E-state index in [1.165, 1.54) is 6.07 Å². The van der Waals surface area contributed by atoms with Crippen molar-refractivity contribution in [1.29, 1.82) is 0 Å². The van der Waals surface area contributed by atoms with E-state index in [2.05, 4.69) is 13.8 Å². The molecule has 2 N–H and O–H groups in total. The highest BCUT2D eigenvalue weighted by Gasteiger charge is 2.34. The first-order valence-electron chi connectivity index (χ1n) is 6.27. The van der Waals surface area contributed by atoms with Gasteiger partial charge in [0.1, 0.15) is 17.0 Å². The van der Waals surface area contributed by atoms with Crippen LogP contribution in [0.5, 0.6) is 5.75 Å². The van der Waals surface area contributed by atoms with Crippen LogP contribution in [0.4, 0.5) is 11.4 Å². The number of anilines is 1. The molecule has 0 fully saturated rings. The van der Waals surface area contributed by atoms with Gasteiger partial charge in [0.2, 0.25) is 0 Å². The Morgan fingerprint density at radius 1 is 1.44 bits per heavy atom. The fourth-order valence-electron chi connectivity index (χ4n) is 2.48. The minimum Gasteiger partial charge on any atom is -0.487 e. The van der Waals surface area contributed by atoms with Crippen molar-refractivity contribution < 1.29 is 9.66 Å². The van der Waals surface area contributed by atoms with Gasteiger partial charge in [0, 0.05) is 0 Å². The Labute approximate surface area is 106 Å². The summed E-state index contributed by atoms with van der Waals surface area (Å²) in [4.78, 5) is 10.4. The molecule has 1 aromatic carbocycles. The second-order valence-electron chi connectivity index (χ2n) is 4.77. The van der Waals surface area contributed by atoms with Crippen molar-refractivity contribution in [2.24, 2.45) is 0 Å². The fraction of sp³-hybridized carbons (Fsp3) is 0.538. The number of hydrogen-bond acceptors (Lipinski definition) is 4. The summed E-state index contributed by atoms with van der Waals surface area (Å²) in [5.74, 6) is 0.617. The maximum atomic E-state index is 10.9. The lowest BCUT2D eigenvalue weighted by Gasteiger charge is -2.37. The number of nitro benzene ring substituents is 1. The Bertz CT molecular complexity index is 481. The predicted molar refractivity (Wildman–Crippen MR) is 69.8 cm³/mol. The molecular formula is C13H18N2O3. The van der Waals surface area contributed by atoms with Gasteiger partial charge in [-0.05, 0) is 37.3 Å². The highest BCUT2D eigenvalue weighted by Crippen LogP contribution is 2.40. The minimum atomic E-state index is -0.465. The van der Waals surface area contributed by atoms with Crippen molar-refractivity contribution in [1.82, 2.24) is 0 Å². The molecule has 2 rings (SSSR count). The zero-order chi connectivity index (χ0) is 13.3. The van der Waals surface area contributed by atoms with Gasteiger partial charge < -0.3 is 10.5 Å². The van der Waals surface area contributed by atoms with E-state index in [0.29, 0.717) is 5.75 Å². The number of nitrogens with zero attached hydrogens (tertiary/aromatic N) is 1. The maximum absolute atomic E-state index is 10.9. The highest BCUT2D eigenvalue weighted by atomic mass is 16.6. The summed E-state index contributed by atoms with van der Waals surface area (Å²) in [5.41, 5.74) is 6.60. The summed E-state index contributed by atoms with van der Waals surface area (Å²) < 4.78 is 6.00. The van der Waals surface area contributed by atoms with Crippen LogP contribution < -0.4 is 10.5 Å². The zero-order valence-corrected chi connectivity index (χ0v) is 10.7. The molecule has 18 heavy (non-hydrogen) atoms. The maximum Gasteiger partial charge on any atom is 0.295 e. The average Bonchev–Trinajstić information content (AvgIpc) is 2.37. The number of nitro groups is 1. The summed E-state index contributed by atoms with van der Waals surface area (Å²) in [6.07, 6.45) is 3.60. The van der Waals surface area contributed by atoms with E-state index in [9.17, 15) is 10.1 Å².